The van der Waals surface area contributed by atoms with Gasteiger partial charge in [0, 0.05) is 29.7 Å². The van der Waals surface area contributed by atoms with Crippen LogP contribution in [0, 0.1) is 0 Å². The Hall–Kier alpha value is -1.81. The van der Waals surface area contributed by atoms with Crippen molar-refractivity contribution in [2.45, 2.75) is 38.6 Å². The van der Waals surface area contributed by atoms with E-state index in [1.165, 1.54) is 30.2 Å². The molecule has 0 spiro atoms. The second kappa shape index (κ2) is 6.97. The summed E-state index contributed by atoms with van der Waals surface area (Å²) in [5, 5.41) is 4.31. The number of aromatic amines is 1. The Morgan fingerprint density at radius 3 is 3.09 bits per heavy atom. The third kappa shape index (κ3) is 3.50. The second-order valence-corrected chi connectivity index (χ2v) is 6.27. The van der Waals surface area contributed by atoms with Gasteiger partial charge in [-0.15, -0.1) is 0 Å². The van der Waals surface area contributed by atoms with Crippen LogP contribution >= 0.6 is 0 Å². The molecule has 1 aromatic carbocycles. The van der Waals surface area contributed by atoms with Crippen LogP contribution in [0.3, 0.4) is 0 Å². The van der Waals surface area contributed by atoms with Gasteiger partial charge in [0.15, 0.2) is 0 Å². The van der Waals surface area contributed by atoms with Crippen molar-refractivity contribution in [3.8, 4) is 0 Å². The van der Waals surface area contributed by atoms with Crippen LogP contribution in [-0.4, -0.2) is 41.5 Å². The Morgan fingerprint density at radius 2 is 2.23 bits per heavy atom. The molecule has 0 bridgehead atoms. The molecule has 1 atom stereocenters. The van der Waals surface area contributed by atoms with Gasteiger partial charge >= 0.3 is 0 Å². The van der Waals surface area contributed by atoms with Crippen LogP contribution in [0.15, 0.2) is 30.5 Å². The first-order chi connectivity index (χ1) is 10.7. The van der Waals surface area contributed by atoms with Crippen LogP contribution in [0.25, 0.3) is 10.9 Å². The minimum absolute atomic E-state index is 0.147. The molecule has 0 saturated carbocycles. The lowest BCUT2D eigenvalue weighted by atomic mass is 10.0. The zero-order chi connectivity index (χ0) is 15.4. The number of rotatable bonds is 5. The summed E-state index contributed by atoms with van der Waals surface area (Å²) >= 11 is 0. The summed E-state index contributed by atoms with van der Waals surface area (Å²) < 4.78 is 0. The minimum Gasteiger partial charge on any atom is -0.361 e. The van der Waals surface area contributed by atoms with Gasteiger partial charge < -0.3 is 10.3 Å². The van der Waals surface area contributed by atoms with E-state index < -0.39 is 0 Å². The number of hydrogen-bond acceptors (Lipinski definition) is 2. The number of piperidine rings is 1. The smallest absolute Gasteiger partial charge is 0.234 e. The summed E-state index contributed by atoms with van der Waals surface area (Å²) in [6.45, 7) is 4.51. The van der Waals surface area contributed by atoms with Crippen molar-refractivity contribution < 1.29 is 4.79 Å². The molecule has 1 fully saturated rings. The van der Waals surface area contributed by atoms with E-state index in [4.69, 9.17) is 0 Å². The maximum Gasteiger partial charge on any atom is 0.234 e. The third-order valence-corrected chi connectivity index (χ3v) is 4.68. The molecule has 2 aromatic rings. The number of para-hydroxylation sites is 1. The van der Waals surface area contributed by atoms with Crippen LogP contribution in [-0.2, 0) is 11.2 Å². The molecule has 2 heterocycles. The largest absolute Gasteiger partial charge is 0.361 e. The van der Waals surface area contributed by atoms with Gasteiger partial charge in [-0.3, -0.25) is 9.69 Å². The van der Waals surface area contributed by atoms with Gasteiger partial charge in [-0.25, -0.2) is 0 Å². The third-order valence-electron chi connectivity index (χ3n) is 4.68. The van der Waals surface area contributed by atoms with Gasteiger partial charge in [-0.05, 0) is 44.4 Å². The number of carbonyl (C=O) groups is 1. The van der Waals surface area contributed by atoms with E-state index in [2.05, 4.69) is 40.3 Å². The van der Waals surface area contributed by atoms with Crippen molar-refractivity contribution in [2.75, 3.05) is 19.6 Å². The van der Waals surface area contributed by atoms with Gasteiger partial charge in [-0.2, -0.15) is 0 Å². The molecule has 1 unspecified atom stereocenters. The van der Waals surface area contributed by atoms with Crippen LogP contribution in [0.5, 0.6) is 0 Å². The second-order valence-electron chi connectivity index (χ2n) is 6.27. The van der Waals surface area contributed by atoms with Crippen molar-refractivity contribution in [3.05, 3.63) is 36.0 Å². The van der Waals surface area contributed by atoms with Crippen molar-refractivity contribution in [2.24, 2.45) is 0 Å². The first-order valence-electron chi connectivity index (χ1n) is 8.30. The standard InChI is InChI=1S/C18H25N3O/c1-14-6-4-5-11-21(14)13-18(22)19-10-9-15-12-20-17-8-3-2-7-16(15)17/h2-3,7-8,12,14,20H,4-6,9-11,13H2,1H3,(H,19,22). The Labute approximate surface area is 131 Å². The SMILES string of the molecule is CC1CCCCN1CC(=O)NCCc1c[nH]c2ccccc12. The summed E-state index contributed by atoms with van der Waals surface area (Å²) in [5.41, 5.74) is 2.42. The Bertz CT molecular complexity index is 634. The molecule has 1 amide bonds. The number of benzene rings is 1. The summed E-state index contributed by atoms with van der Waals surface area (Å²) in [7, 11) is 0. The molecule has 3 rings (SSSR count). The lowest BCUT2D eigenvalue weighted by molar-refractivity contribution is -0.123. The molecule has 1 aromatic heterocycles. The first-order valence-corrected chi connectivity index (χ1v) is 8.30. The van der Waals surface area contributed by atoms with Crippen LogP contribution in [0.2, 0.25) is 0 Å². The number of carbonyl (C=O) groups excluding carboxylic acids is 1. The maximum absolute atomic E-state index is 12.1. The number of H-pyrrole nitrogens is 1. The monoisotopic (exact) mass is 299 g/mol. The summed E-state index contributed by atoms with van der Waals surface area (Å²) in [5.74, 6) is 0.147. The summed E-state index contributed by atoms with van der Waals surface area (Å²) in [6.07, 6.45) is 6.63. The molecule has 1 aliphatic rings. The van der Waals surface area contributed by atoms with E-state index in [9.17, 15) is 4.79 Å². The lowest BCUT2D eigenvalue weighted by Crippen LogP contribution is -2.44. The fraction of sp³-hybridized carbons (Fsp3) is 0.500. The number of amides is 1. The number of aromatic nitrogens is 1. The summed E-state index contributed by atoms with van der Waals surface area (Å²) in [4.78, 5) is 17.7. The molecular formula is C18H25N3O. The Kier molecular flexibility index (Phi) is 4.78. The van der Waals surface area contributed by atoms with Crippen molar-refractivity contribution in [1.82, 2.24) is 15.2 Å². The molecule has 4 nitrogen and oxygen atoms in total. The maximum atomic E-state index is 12.1. The number of hydrogen-bond donors (Lipinski definition) is 2. The molecule has 1 aliphatic heterocycles. The highest BCUT2D eigenvalue weighted by Gasteiger charge is 2.20. The van der Waals surface area contributed by atoms with Crippen LogP contribution in [0.4, 0.5) is 0 Å². The highest BCUT2D eigenvalue weighted by Crippen LogP contribution is 2.18. The first kappa shape index (κ1) is 15.1. The zero-order valence-electron chi connectivity index (χ0n) is 13.3. The van der Waals surface area contributed by atoms with E-state index in [1.54, 1.807) is 0 Å². The van der Waals surface area contributed by atoms with E-state index in [1.807, 2.05) is 12.3 Å². The fourth-order valence-corrected chi connectivity index (χ4v) is 3.31. The van der Waals surface area contributed by atoms with Gasteiger partial charge in [-0.1, -0.05) is 24.6 Å². The van der Waals surface area contributed by atoms with Crippen LogP contribution in [0.1, 0.15) is 31.7 Å². The zero-order valence-corrected chi connectivity index (χ0v) is 13.3. The number of fused-ring (bicyclic) bond motifs is 1. The topological polar surface area (TPSA) is 48.1 Å². The van der Waals surface area contributed by atoms with Gasteiger partial charge in [0.05, 0.1) is 6.54 Å². The van der Waals surface area contributed by atoms with Gasteiger partial charge in [0.2, 0.25) is 5.91 Å². The number of likely N-dealkylation sites (tertiary alicyclic amines) is 1. The molecule has 1 saturated heterocycles. The van der Waals surface area contributed by atoms with E-state index in [0.717, 1.165) is 18.5 Å². The van der Waals surface area contributed by atoms with Gasteiger partial charge in [0.1, 0.15) is 0 Å². The molecular weight excluding hydrogens is 274 g/mol. The molecule has 0 aliphatic carbocycles. The molecule has 2 N–H and O–H groups in total. The highest BCUT2D eigenvalue weighted by molar-refractivity contribution is 5.83. The van der Waals surface area contributed by atoms with Crippen LogP contribution < -0.4 is 5.32 Å². The predicted molar refractivity (Wildman–Crippen MR) is 89.9 cm³/mol. The average Bonchev–Trinajstić information content (AvgIpc) is 2.93. The predicted octanol–water partition coefficient (Wildman–Crippen LogP) is 2.70. The van der Waals surface area contributed by atoms with E-state index in [0.29, 0.717) is 19.1 Å². The van der Waals surface area contributed by atoms with Crippen molar-refractivity contribution >= 4 is 16.8 Å². The highest BCUT2D eigenvalue weighted by atomic mass is 16.2. The minimum atomic E-state index is 0.147. The summed E-state index contributed by atoms with van der Waals surface area (Å²) in [6, 6.07) is 8.82. The molecule has 22 heavy (non-hydrogen) atoms. The average molecular weight is 299 g/mol. The number of nitrogens with zero attached hydrogens (tertiary/aromatic N) is 1. The fourth-order valence-electron chi connectivity index (χ4n) is 3.31. The molecule has 0 radical (unpaired) electrons. The van der Waals surface area contributed by atoms with E-state index in [-0.39, 0.29) is 5.91 Å². The van der Waals surface area contributed by atoms with Crippen molar-refractivity contribution in [3.63, 3.8) is 0 Å². The van der Waals surface area contributed by atoms with Crippen molar-refractivity contribution in [1.29, 1.82) is 0 Å². The Morgan fingerprint density at radius 1 is 1.36 bits per heavy atom. The quantitative estimate of drug-likeness (QED) is 0.892. The number of nitrogens with one attached hydrogen (secondary N) is 2. The Balaban J connectivity index is 1.47. The lowest BCUT2D eigenvalue weighted by Gasteiger charge is -2.32. The van der Waals surface area contributed by atoms with E-state index >= 15 is 0 Å². The normalized spacial score (nSPS) is 19.4. The molecule has 118 valence electrons. The van der Waals surface area contributed by atoms with Gasteiger partial charge in [0.25, 0.3) is 0 Å². The molecule has 4 heteroatoms.